The molecule has 0 fully saturated rings. The maximum atomic E-state index is 10.1. The molecular formula is C11H11ClO2. The van der Waals surface area contributed by atoms with Gasteiger partial charge in [0.2, 0.25) is 0 Å². The third kappa shape index (κ3) is 2.98. The summed E-state index contributed by atoms with van der Waals surface area (Å²) in [6.45, 7) is -0.0752. The number of allylic oxidation sites excluding steroid dienone is 1. The first-order chi connectivity index (χ1) is 6.77. The van der Waals surface area contributed by atoms with Crippen molar-refractivity contribution in [1.82, 2.24) is 0 Å². The summed E-state index contributed by atoms with van der Waals surface area (Å²) < 4.78 is 0. The van der Waals surface area contributed by atoms with Crippen LogP contribution in [0.4, 0.5) is 0 Å². The van der Waals surface area contributed by atoms with Crippen LogP contribution in [0.15, 0.2) is 24.3 Å². The second kappa shape index (κ2) is 5.58. The maximum Gasteiger partial charge on any atom is 0.123 e. The highest BCUT2D eigenvalue weighted by atomic mass is 35.5. The Morgan fingerprint density at radius 3 is 2.86 bits per heavy atom. The summed E-state index contributed by atoms with van der Waals surface area (Å²) in [6, 6.07) is 5.36. The van der Waals surface area contributed by atoms with E-state index in [1.807, 2.05) is 12.1 Å². The van der Waals surface area contributed by atoms with Crippen molar-refractivity contribution in [3.63, 3.8) is 0 Å². The van der Waals surface area contributed by atoms with Crippen LogP contribution in [0.1, 0.15) is 17.5 Å². The van der Waals surface area contributed by atoms with Crippen LogP contribution in [-0.4, -0.2) is 11.4 Å². The number of halogens is 1. The van der Waals surface area contributed by atoms with Crippen molar-refractivity contribution in [2.75, 3.05) is 0 Å². The number of hydrogen-bond acceptors (Lipinski definition) is 2. The summed E-state index contributed by atoms with van der Waals surface area (Å²) >= 11 is 5.82. The van der Waals surface area contributed by atoms with Gasteiger partial charge in [0.15, 0.2) is 0 Å². The van der Waals surface area contributed by atoms with Gasteiger partial charge in [-0.2, -0.15) is 0 Å². The number of aliphatic hydroxyl groups excluding tert-OH is 1. The summed E-state index contributed by atoms with van der Waals surface area (Å²) in [6.07, 6.45) is 4.82. The van der Waals surface area contributed by atoms with E-state index in [-0.39, 0.29) is 6.61 Å². The van der Waals surface area contributed by atoms with E-state index in [9.17, 15) is 4.79 Å². The zero-order valence-electron chi connectivity index (χ0n) is 7.61. The first-order valence-electron chi connectivity index (χ1n) is 4.27. The Kier molecular flexibility index (Phi) is 4.36. The number of hydrogen-bond donors (Lipinski definition) is 1. The third-order valence-electron chi connectivity index (χ3n) is 1.78. The molecule has 0 spiro atoms. The molecule has 14 heavy (non-hydrogen) atoms. The third-order valence-corrected chi connectivity index (χ3v) is 2.15. The summed E-state index contributed by atoms with van der Waals surface area (Å²) in [7, 11) is 0. The van der Waals surface area contributed by atoms with E-state index in [1.54, 1.807) is 18.2 Å². The molecule has 2 nitrogen and oxygen atoms in total. The van der Waals surface area contributed by atoms with Gasteiger partial charge in [-0.05, 0) is 23.3 Å². The molecule has 74 valence electrons. The summed E-state index contributed by atoms with van der Waals surface area (Å²) in [5.41, 5.74) is 1.63. The second-order valence-electron chi connectivity index (χ2n) is 2.81. The maximum absolute atomic E-state index is 10.1. The fourth-order valence-electron chi connectivity index (χ4n) is 1.08. The van der Waals surface area contributed by atoms with Crippen molar-refractivity contribution in [2.45, 2.75) is 13.0 Å². The molecule has 0 saturated heterocycles. The minimum atomic E-state index is -0.0752. The molecule has 0 aliphatic heterocycles. The van der Waals surface area contributed by atoms with Gasteiger partial charge in [0.05, 0.1) is 6.61 Å². The van der Waals surface area contributed by atoms with Gasteiger partial charge in [-0.3, -0.25) is 0 Å². The Morgan fingerprint density at radius 1 is 1.43 bits per heavy atom. The molecule has 0 saturated carbocycles. The summed E-state index contributed by atoms with van der Waals surface area (Å²) in [5.74, 6) is 0. The number of aldehydes is 1. The average molecular weight is 211 g/mol. The largest absolute Gasteiger partial charge is 0.392 e. The minimum Gasteiger partial charge on any atom is -0.392 e. The molecule has 0 radical (unpaired) electrons. The van der Waals surface area contributed by atoms with Gasteiger partial charge in [-0.25, -0.2) is 0 Å². The molecule has 0 atom stereocenters. The summed E-state index contributed by atoms with van der Waals surface area (Å²) in [4.78, 5) is 10.1. The van der Waals surface area contributed by atoms with E-state index < -0.39 is 0 Å². The van der Waals surface area contributed by atoms with Crippen molar-refractivity contribution in [3.8, 4) is 0 Å². The van der Waals surface area contributed by atoms with Gasteiger partial charge in [-0.1, -0.05) is 29.8 Å². The SMILES string of the molecule is O=CCC=Cc1ccc(Cl)c(CO)c1. The van der Waals surface area contributed by atoms with E-state index in [0.717, 1.165) is 11.8 Å². The van der Waals surface area contributed by atoms with Crippen LogP contribution >= 0.6 is 11.6 Å². The van der Waals surface area contributed by atoms with Crippen LogP contribution in [0.3, 0.4) is 0 Å². The number of aliphatic hydroxyl groups is 1. The fourth-order valence-corrected chi connectivity index (χ4v) is 1.26. The van der Waals surface area contributed by atoms with Crippen LogP contribution in [0.5, 0.6) is 0 Å². The molecule has 0 aliphatic carbocycles. The Balaban J connectivity index is 2.83. The van der Waals surface area contributed by atoms with Crippen molar-refractivity contribution < 1.29 is 9.90 Å². The Labute approximate surface area is 87.8 Å². The van der Waals surface area contributed by atoms with Crippen molar-refractivity contribution >= 4 is 24.0 Å². The molecule has 0 aliphatic rings. The second-order valence-corrected chi connectivity index (χ2v) is 3.22. The highest BCUT2D eigenvalue weighted by molar-refractivity contribution is 6.31. The average Bonchev–Trinajstić information content (AvgIpc) is 2.21. The molecule has 0 aromatic heterocycles. The van der Waals surface area contributed by atoms with Crippen LogP contribution < -0.4 is 0 Å². The van der Waals surface area contributed by atoms with Gasteiger partial charge in [-0.15, -0.1) is 0 Å². The standard InChI is InChI=1S/C11H11ClO2/c12-11-5-4-9(3-1-2-6-13)7-10(11)8-14/h1,3-7,14H,2,8H2. The zero-order chi connectivity index (χ0) is 10.4. The zero-order valence-corrected chi connectivity index (χ0v) is 8.37. The van der Waals surface area contributed by atoms with Gasteiger partial charge >= 0.3 is 0 Å². The molecule has 3 heteroatoms. The number of benzene rings is 1. The number of rotatable bonds is 4. The molecule has 1 aromatic carbocycles. The van der Waals surface area contributed by atoms with E-state index >= 15 is 0 Å². The molecule has 1 aromatic rings. The highest BCUT2D eigenvalue weighted by Gasteiger charge is 1.98. The van der Waals surface area contributed by atoms with Gasteiger partial charge in [0, 0.05) is 11.4 Å². The summed E-state index contributed by atoms with van der Waals surface area (Å²) in [5, 5.41) is 9.51. The Bertz CT molecular complexity index is 345. The quantitative estimate of drug-likeness (QED) is 0.776. The van der Waals surface area contributed by atoms with Crippen molar-refractivity contribution in [2.24, 2.45) is 0 Å². The molecule has 1 N–H and O–H groups in total. The van der Waals surface area contributed by atoms with Crippen molar-refractivity contribution in [3.05, 3.63) is 40.4 Å². The lowest BCUT2D eigenvalue weighted by molar-refractivity contribution is -0.107. The lowest BCUT2D eigenvalue weighted by Crippen LogP contribution is -1.85. The predicted octanol–water partition coefficient (Wildman–Crippen LogP) is 2.43. The topological polar surface area (TPSA) is 37.3 Å². The number of carbonyl (C=O) groups is 1. The van der Waals surface area contributed by atoms with Crippen molar-refractivity contribution in [1.29, 1.82) is 0 Å². The van der Waals surface area contributed by atoms with E-state index in [1.165, 1.54) is 0 Å². The van der Waals surface area contributed by atoms with Crippen LogP contribution in [-0.2, 0) is 11.4 Å². The first-order valence-corrected chi connectivity index (χ1v) is 4.65. The lowest BCUT2D eigenvalue weighted by Gasteiger charge is -2.01. The molecule has 0 unspecified atom stereocenters. The molecular weight excluding hydrogens is 200 g/mol. The van der Waals surface area contributed by atoms with Crippen LogP contribution in [0.25, 0.3) is 6.08 Å². The monoisotopic (exact) mass is 210 g/mol. The van der Waals surface area contributed by atoms with Crippen LogP contribution in [0, 0.1) is 0 Å². The predicted molar refractivity (Wildman–Crippen MR) is 57.1 cm³/mol. The van der Waals surface area contributed by atoms with E-state index in [4.69, 9.17) is 16.7 Å². The van der Waals surface area contributed by atoms with E-state index in [0.29, 0.717) is 17.0 Å². The Morgan fingerprint density at radius 2 is 2.21 bits per heavy atom. The molecule has 1 rings (SSSR count). The lowest BCUT2D eigenvalue weighted by atomic mass is 10.1. The Hall–Kier alpha value is -1.12. The van der Waals surface area contributed by atoms with Gasteiger partial charge in [0.1, 0.15) is 6.29 Å². The first kappa shape index (κ1) is 11.0. The molecule has 0 heterocycles. The highest BCUT2D eigenvalue weighted by Crippen LogP contribution is 2.18. The van der Waals surface area contributed by atoms with E-state index in [2.05, 4.69) is 0 Å². The number of carbonyl (C=O) groups excluding carboxylic acids is 1. The fraction of sp³-hybridized carbons (Fsp3) is 0.182. The minimum absolute atomic E-state index is 0.0752. The smallest absolute Gasteiger partial charge is 0.123 e. The van der Waals surface area contributed by atoms with Gasteiger partial charge < -0.3 is 9.90 Å². The van der Waals surface area contributed by atoms with Crippen LogP contribution in [0.2, 0.25) is 5.02 Å². The molecule has 0 amide bonds. The van der Waals surface area contributed by atoms with Gasteiger partial charge in [0.25, 0.3) is 0 Å². The molecule has 0 bridgehead atoms. The normalized spacial score (nSPS) is 10.7.